The molecular formula is C11H17N3O. The lowest BCUT2D eigenvalue weighted by Crippen LogP contribution is -2.45. The van der Waals surface area contributed by atoms with Crippen LogP contribution in [0.25, 0.3) is 0 Å². The van der Waals surface area contributed by atoms with Crippen LogP contribution in [0.1, 0.15) is 19.3 Å². The Morgan fingerprint density at radius 2 is 2.07 bits per heavy atom. The lowest BCUT2D eigenvalue weighted by molar-refractivity contribution is 0.228. The first-order valence-electron chi connectivity index (χ1n) is 5.50. The van der Waals surface area contributed by atoms with Crippen LogP contribution in [0.4, 0.5) is 4.79 Å². The van der Waals surface area contributed by atoms with Gasteiger partial charge in [0.05, 0.1) is 0 Å². The molecule has 0 aliphatic heterocycles. The predicted octanol–water partition coefficient (Wildman–Crippen LogP) is 1.34. The van der Waals surface area contributed by atoms with E-state index < -0.39 is 0 Å². The van der Waals surface area contributed by atoms with Crippen molar-refractivity contribution in [1.29, 1.82) is 0 Å². The zero-order valence-corrected chi connectivity index (χ0v) is 8.78. The number of urea groups is 1. The molecule has 1 fully saturated rings. The van der Waals surface area contributed by atoms with Crippen molar-refractivity contribution in [1.82, 2.24) is 15.2 Å². The van der Waals surface area contributed by atoms with Gasteiger partial charge in [-0.15, -0.1) is 0 Å². The fraction of sp³-hybridized carbons (Fsp3) is 0.545. The molecule has 4 nitrogen and oxygen atoms in total. The molecule has 2 N–H and O–H groups in total. The smallest absolute Gasteiger partial charge is 0.315 e. The van der Waals surface area contributed by atoms with E-state index in [9.17, 15) is 4.79 Å². The molecule has 2 amide bonds. The van der Waals surface area contributed by atoms with Gasteiger partial charge in [-0.25, -0.2) is 4.79 Å². The zero-order valence-electron chi connectivity index (χ0n) is 8.78. The van der Waals surface area contributed by atoms with Crippen LogP contribution in [0.5, 0.6) is 0 Å². The maximum atomic E-state index is 11.3. The molecule has 15 heavy (non-hydrogen) atoms. The standard InChI is InChI=1S/C11H17N3O/c15-11(13-10-4-3-5-10)12-6-9-14-7-1-2-8-14/h1-2,7-8,10H,3-6,9H2,(H2,12,13,15). The van der Waals surface area contributed by atoms with Crippen LogP contribution in [0.15, 0.2) is 24.5 Å². The van der Waals surface area contributed by atoms with Gasteiger partial charge in [0.25, 0.3) is 0 Å². The Hall–Kier alpha value is -1.45. The molecule has 0 saturated heterocycles. The maximum absolute atomic E-state index is 11.3. The number of hydrogen-bond acceptors (Lipinski definition) is 1. The van der Waals surface area contributed by atoms with Crippen LogP contribution in [0, 0.1) is 0 Å². The van der Waals surface area contributed by atoms with Gasteiger partial charge in [-0.3, -0.25) is 0 Å². The summed E-state index contributed by atoms with van der Waals surface area (Å²) in [5.74, 6) is 0. The third-order valence-electron chi connectivity index (χ3n) is 2.76. The Bertz CT molecular complexity index is 304. The fourth-order valence-electron chi connectivity index (χ4n) is 1.61. The molecule has 1 saturated carbocycles. The first-order chi connectivity index (χ1) is 7.34. The first kappa shape index (κ1) is 10.1. The summed E-state index contributed by atoms with van der Waals surface area (Å²) in [4.78, 5) is 11.3. The highest BCUT2D eigenvalue weighted by Crippen LogP contribution is 2.17. The number of hydrogen-bond donors (Lipinski definition) is 2. The molecule has 1 aliphatic rings. The topological polar surface area (TPSA) is 46.1 Å². The van der Waals surface area contributed by atoms with Crippen molar-refractivity contribution in [3.8, 4) is 0 Å². The molecule has 0 spiro atoms. The number of aromatic nitrogens is 1. The maximum Gasteiger partial charge on any atom is 0.315 e. The van der Waals surface area contributed by atoms with Gasteiger partial charge < -0.3 is 15.2 Å². The van der Waals surface area contributed by atoms with Gasteiger partial charge in [-0.05, 0) is 31.4 Å². The summed E-state index contributed by atoms with van der Waals surface area (Å²) in [6.45, 7) is 1.50. The Balaban J connectivity index is 1.58. The van der Waals surface area contributed by atoms with E-state index in [2.05, 4.69) is 10.6 Å². The van der Waals surface area contributed by atoms with Crippen molar-refractivity contribution in [2.75, 3.05) is 6.54 Å². The molecule has 0 bridgehead atoms. The minimum atomic E-state index is -0.0353. The number of rotatable bonds is 4. The Morgan fingerprint density at radius 1 is 1.33 bits per heavy atom. The van der Waals surface area contributed by atoms with Gasteiger partial charge >= 0.3 is 6.03 Å². The number of carbonyl (C=O) groups is 1. The average Bonchev–Trinajstić information content (AvgIpc) is 2.64. The van der Waals surface area contributed by atoms with E-state index in [1.165, 1.54) is 6.42 Å². The van der Waals surface area contributed by atoms with Crippen LogP contribution in [-0.4, -0.2) is 23.2 Å². The third kappa shape index (κ3) is 3.01. The number of nitrogens with zero attached hydrogens (tertiary/aromatic N) is 1. The molecule has 0 aromatic carbocycles. The molecule has 1 aromatic heterocycles. The fourth-order valence-corrected chi connectivity index (χ4v) is 1.61. The normalized spacial score (nSPS) is 15.7. The molecule has 1 aromatic rings. The number of amides is 2. The summed E-state index contributed by atoms with van der Waals surface area (Å²) in [5.41, 5.74) is 0. The Morgan fingerprint density at radius 3 is 2.67 bits per heavy atom. The van der Waals surface area contributed by atoms with Crippen molar-refractivity contribution in [2.24, 2.45) is 0 Å². The van der Waals surface area contributed by atoms with Crippen LogP contribution in [0.2, 0.25) is 0 Å². The Labute approximate surface area is 89.7 Å². The van der Waals surface area contributed by atoms with Gasteiger partial charge in [0.2, 0.25) is 0 Å². The molecule has 4 heteroatoms. The van der Waals surface area contributed by atoms with E-state index >= 15 is 0 Å². The highest BCUT2D eigenvalue weighted by molar-refractivity contribution is 5.74. The molecule has 82 valence electrons. The average molecular weight is 207 g/mol. The predicted molar refractivity (Wildman–Crippen MR) is 58.6 cm³/mol. The molecule has 2 rings (SSSR count). The lowest BCUT2D eigenvalue weighted by Gasteiger charge is -2.26. The van der Waals surface area contributed by atoms with Gasteiger partial charge in [0.15, 0.2) is 0 Å². The van der Waals surface area contributed by atoms with Gasteiger partial charge in [0.1, 0.15) is 0 Å². The molecule has 0 unspecified atom stereocenters. The zero-order chi connectivity index (χ0) is 10.5. The van der Waals surface area contributed by atoms with Gasteiger partial charge in [-0.2, -0.15) is 0 Å². The van der Waals surface area contributed by atoms with Crippen molar-refractivity contribution >= 4 is 6.03 Å². The summed E-state index contributed by atoms with van der Waals surface area (Å²) < 4.78 is 2.05. The second-order valence-corrected chi connectivity index (χ2v) is 3.95. The van der Waals surface area contributed by atoms with Crippen LogP contribution < -0.4 is 10.6 Å². The molecular weight excluding hydrogens is 190 g/mol. The minimum absolute atomic E-state index is 0.0353. The quantitative estimate of drug-likeness (QED) is 0.769. The number of nitrogens with one attached hydrogen (secondary N) is 2. The van der Waals surface area contributed by atoms with Crippen molar-refractivity contribution in [2.45, 2.75) is 31.8 Å². The summed E-state index contributed by atoms with van der Waals surface area (Å²) in [6.07, 6.45) is 7.49. The first-order valence-corrected chi connectivity index (χ1v) is 5.50. The summed E-state index contributed by atoms with van der Waals surface area (Å²) in [5, 5.41) is 5.79. The van der Waals surface area contributed by atoms with Crippen LogP contribution >= 0.6 is 0 Å². The third-order valence-corrected chi connectivity index (χ3v) is 2.76. The monoisotopic (exact) mass is 207 g/mol. The second-order valence-electron chi connectivity index (χ2n) is 3.95. The Kier molecular flexibility index (Phi) is 3.27. The molecule has 1 heterocycles. The lowest BCUT2D eigenvalue weighted by atomic mass is 9.93. The summed E-state index contributed by atoms with van der Waals surface area (Å²) in [7, 11) is 0. The SMILES string of the molecule is O=C(NCCn1cccc1)NC1CCC1. The second kappa shape index (κ2) is 4.87. The van der Waals surface area contributed by atoms with Crippen LogP contribution in [-0.2, 0) is 6.54 Å². The van der Waals surface area contributed by atoms with Crippen LogP contribution in [0.3, 0.4) is 0 Å². The van der Waals surface area contributed by atoms with Crippen molar-refractivity contribution in [3.63, 3.8) is 0 Å². The van der Waals surface area contributed by atoms with E-state index in [1.807, 2.05) is 29.1 Å². The summed E-state index contributed by atoms with van der Waals surface area (Å²) >= 11 is 0. The van der Waals surface area contributed by atoms with E-state index in [0.717, 1.165) is 19.4 Å². The van der Waals surface area contributed by atoms with E-state index in [4.69, 9.17) is 0 Å². The molecule has 1 aliphatic carbocycles. The largest absolute Gasteiger partial charge is 0.353 e. The summed E-state index contributed by atoms with van der Waals surface area (Å²) in [6, 6.07) is 4.34. The minimum Gasteiger partial charge on any atom is -0.353 e. The van der Waals surface area contributed by atoms with Gasteiger partial charge in [-0.1, -0.05) is 0 Å². The van der Waals surface area contributed by atoms with E-state index in [-0.39, 0.29) is 6.03 Å². The molecule has 0 atom stereocenters. The molecule has 0 radical (unpaired) electrons. The van der Waals surface area contributed by atoms with Crippen molar-refractivity contribution < 1.29 is 4.79 Å². The van der Waals surface area contributed by atoms with E-state index in [0.29, 0.717) is 12.6 Å². The highest BCUT2D eigenvalue weighted by Gasteiger charge is 2.18. The van der Waals surface area contributed by atoms with E-state index in [1.54, 1.807) is 0 Å². The highest BCUT2D eigenvalue weighted by atomic mass is 16.2. The van der Waals surface area contributed by atoms with Crippen molar-refractivity contribution in [3.05, 3.63) is 24.5 Å². The van der Waals surface area contributed by atoms with Gasteiger partial charge in [0, 0.05) is 31.5 Å². The number of carbonyl (C=O) groups excluding carboxylic acids is 1.